The van der Waals surface area contributed by atoms with Crippen molar-refractivity contribution in [3.05, 3.63) is 35.4 Å². The zero-order valence-corrected chi connectivity index (χ0v) is 11.4. The van der Waals surface area contributed by atoms with E-state index < -0.39 is 17.0 Å². The number of hydrogen-bond donors (Lipinski definition) is 2. The molecule has 1 saturated carbocycles. The molecule has 1 aromatic rings. The Balaban J connectivity index is 2.00. The van der Waals surface area contributed by atoms with Crippen LogP contribution in [0.15, 0.2) is 18.2 Å². The van der Waals surface area contributed by atoms with Crippen LogP contribution in [0, 0.1) is 17.0 Å². The number of carbonyl (C=O) groups excluding carboxylic acids is 1. The van der Waals surface area contributed by atoms with Crippen molar-refractivity contribution in [3.63, 3.8) is 0 Å². The van der Waals surface area contributed by atoms with Crippen LogP contribution < -0.4 is 11.1 Å². The summed E-state index contributed by atoms with van der Waals surface area (Å²) in [4.78, 5) is 12.3. The predicted octanol–water partition coefficient (Wildman–Crippen LogP) is 2.49. The molecule has 0 bridgehead atoms. The minimum atomic E-state index is -0.643. The van der Waals surface area contributed by atoms with Gasteiger partial charge in [-0.05, 0) is 18.9 Å². The molecule has 1 amide bonds. The molecule has 5 heteroatoms. The van der Waals surface area contributed by atoms with Crippen LogP contribution in [-0.4, -0.2) is 12.5 Å². The molecule has 1 fully saturated rings. The third kappa shape index (κ3) is 3.15. The lowest BCUT2D eigenvalue weighted by Gasteiger charge is -2.34. The van der Waals surface area contributed by atoms with Gasteiger partial charge in [-0.15, -0.1) is 0 Å². The van der Waals surface area contributed by atoms with Gasteiger partial charge < -0.3 is 11.1 Å². The topological polar surface area (TPSA) is 55.1 Å². The second-order valence-electron chi connectivity index (χ2n) is 5.46. The van der Waals surface area contributed by atoms with Crippen LogP contribution in [0.5, 0.6) is 0 Å². The molecule has 0 saturated heterocycles. The Morgan fingerprint density at radius 3 is 2.55 bits per heavy atom. The molecule has 0 heterocycles. The molecule has 110 valence electrons. The van der Waals surface area contributed by atoms with E-state index in [4.69, 9.17) is 5.73 Å². The van der Waals surface area contributed by atoms with Crippen molar-refractivity contribution in [2.45, 2.75) is 38.6 Å². The first kappa shape index (κ1) is 14.9. The summed E-state index contributed by atoms with van der Waals surface area (Å²) in [5, 5.41) is 2.74. The number of nitrogens with two attached hydrogens (primary N) is 1. The van der Waals surface area contributed by atoms with Gasteiger partial charge >= 0.3 is 0 Å². The van der Waals surface area contributed by atoms with E-state index in [2.05, 4.69) is 5.32 Å². The summed E-state index contributed by atoms with van der Waals surface area (Å²) in [6.07, 6.45) is 4.68. The standard InChI is InChI=1S/C15H20F2N2O/c16-12-5-4-11(13(17)8-12)9-19-14(20)15(10-18)6-2-1-3-7-15/h4-5,8H,1-3,6-7,9-10,18H2,(H,19,20). The minimum Gasteiger partial charge on any atom is -0.351 e. The van der Waals surface area contributed by atoms with Gasteiger partial charge in [0.2, 0.25) is 5.91 Å². The molecule has 0 atom stereocenters. The van der Waals surface area contributed by atoms with Crippen molar-refractivity contribution in [1.82, 2.24) is 5.32 Å². The van der Waals surface area contributed by atoms with E-state index in [9.17, 15) is 13.6 Å². The van der Waals surface area contributed by atoms with E-state index in [1.165, 1.54) is 12.1 Å². The Kier molecular flexibility index (Phi) is 4.70. The zero-order chi connectivity index (χ0) is 14.6. The van der Waals surface area contributed by atoms with Gasteiger partial charge in [0.1, 0.15) is 11.6 Å². The number of hydrogen-bond acceptors (Lipinski definition) is 2. The molecular formula is C15H20F2N2O. The number of benzene rings is 1. The summed E-state index contributed by atoms with van der Waals surface area (Å²) >= 11 is 0. The molecular weight excluding hydrogens is 262 g/mol. The van der Waals surface area contributed by atoms with Gasteiger partial charge in [-0.1, -0.05) is 25.3 Å². The molecule has 0 spiro atoms. The first-order valence-corrected chi connectivity index (χ1v) is 7.00. The van der Waals surface area contributed by atoms with Gasteiger partial charge in [0.15, 0.2) is 0 Å². The fraction of sp³-hybridized carbons (Fsp3) is 0.533. The summed E-state index contributed by atoms with van der Waals surface area (Å²) in [6.45, 7) is 0.372. The molecule has 0 aromatic heterocycles. The maximum atomic E-state index is 13.5. The van der Waals surface area contributed by atoms with Gasteiger partial charge in [0.25, 0.3) is 0 Å². The van der Waals surface area contributed by atoms with Crippen LogP contribution in [0.4, 0.5) is 8.78 Å². The first-order valence-electron chi connectivity index (χ1n) is 7.00. The van der Waals surface area contributed by atoms with E-state index in [0.717, 1.165) is 38.2 Å². The van der Waals surface area contributed by atoms with Crippen LogP contribution in [0.25, 0.3) is 0 Å². The van der Waals surface area contributed by atoms with Crippen molar-refractivity contribution in [2.24, 2.45) is 11.1 Å². The third-order valence-electron chi connectivity index (χ3n) is 4.14. The summed E-state index contributed by atoms with van der Waals surface area (Å²) in [6, 6.07) is 3.35. The van der Waals surface area contributed by atoms with Crippen molar-refractivity contribution in [1.29, 1.82) is 0 Å². The van der Waals surface area contributed by atoms with E-state index in [1.807, 2.05) is 0 Å². The third-order valence-corrected chi connectivity index (χ3v) is 4.14. The maximum absolute atomic E-state index is 13.5. The van der Waals surface area contributed by atoms with Gasteiger partial charge in [-0.2, -0.15) is 0 Å². The number of nitrogens with one attached hydrogen (secondary N) is 1. The normalized spacial score (nSPS) is 17.8. The Bertz CT molecular complexity index is 485. The molecule has 1 aliphatic rings. The summed E-state index contributed by atoms with van der Waals surface area (Å²) in [5.41, 5.74) is 5.53. The largest absolute Gasteiger partial charge is 0.351 e. The molecule has 2 rings (SSSR count). The lowest BCUT2D eigenvalue weighted by Crippen LogP contribution is -2.46. The highest BCUT2D eigenvalue weighted by molar-refractivity contribution is 5.83. The maximum Gasteiger partial charge on any atom is 0.227 e. The Morgan fingerprint density at radius 2 is 1.95 bits per heavy atom. The van der Waals surface area contributed by atoms with Crippen LogP contribution >= 0.6 is 0 Å². The Morgan fingerprint density at radius 1 is 1.25 bits per heavy atom. The fourth-order valence-electron chi connectivity index (χ4n) is 2.78. The Hall–Kier alpha value is -1.49. The molecule has 1 aromatic carbocycles. The lowest BCUT2D eigenvalue weighted by molar-refractivity contribution is -0.132. The average Bonchev–Trinajstić information content (AvgIpc) is 2.46. The molecule has 20 heavy (non-hydrogen) atoms. The summed E-state index contributed by atoms with van der Waals surface area (Å²) in [5.74, 6) is -1.39. The highest BCUT2D eigenvalue weighted by atomic mass is 19.1. The Labute approximate surface area is 117 Å². The molecule has 0 aliphatic heterocycles. The van der Waals surface area contributed by atoms with Crippen LogP contribution in [-0.2, 0) is 11.3 Å². The van der Waals surface area contributed by atoms with E-state index in [0.29, 0.717) is 6.54 Å². The van der Waals surface area contributed by atoms with Crippen molar-refractivity contribution in [2.75, 3.05) is 6.54 Å². The molecule has 3 nitrogen and oxygen atoms in total. The summed E-state index contributed by atoms with van der Waals surface area (Å²) < 4.78 is 26.3. The van der Waals surface area contributed by atoms with Crippen LogP contribution in [0.1, 0.15) is 37.7 Å². The molecule has 1 aliphatic carbocycles. The molecule has 0 unspecified atom stereocenters. The van der Waals surface area contributed by atoms with Gasteiger partial charge in [-0.25, -0.2) is 8.78 Å². The van der Waals surface area contributed by atoms with Crippen molar-refractivity contribution < 1.29 is 13.6 Å². The van der Waals surface area contributed by atoms with Crippen LogP contribution in [0.3, 0.4) is 0 Å². The van der Waals surface area contributed by atoms with Crippen LogP contribution in [0.2, 0.25) is 0 Å². The number of halogens is 2. The lowest BCUT2D eigenvalue weighted by atomic mass is 9.73. The smallest absolute Gasteiger partial charge is 0.227 e. The second-order valence-corrected chi connectivity index (χ2v) is 5.46. The van der Waals surface area contributed by atoms with E-state index >= 15 is 0 Å². The minimum absolute atomic E-state index is 0.0622. The number of amides is 1. The molecule has 3 N–H and O–H groups in total. The number of rotatable bonds is 4. The zero-order valence-electron chi connectivity index (χ0n) is 11.4. The second kappa shape index (κ2) is 6.31. The fourth-order valence-corrected chi connectivity index (χ4v) is 2.78. The SMILES string of the molecule is NCC1(C(=O)NCc2ccc(F)cc2F)CCCCC1. The number of carbonyl (C=O) groups is 1. The predicted molar refractivity (Wildman–Crippen MR) is 72.8 cm³/mol. The first-order chi connectivity index (χ1) is 9.57. The highest BCUT2D eigenvalue weighted by Crippen LogP contribution is 2.35. The quantitative estimate of drug-likeness (QED) is 0.891. The van der Waals surface area contributed by atoms with Crippen molar-refractivity contribution >= 4 is 5.91 Å². The summed E-state index contributed by atoms with van der Waals surface area (Å²) in [7, 11) is 0. The van der Waals surface area contributed by atoms with Gasteiger partial charge in [-0.3, -0.25) is 4.79 Å². The highest BCUT2D eigenvalue weighted by Gasteiger charge is 2.37. The molecule has 0 radical (unpaired) electrons. The average molecular weight is 282 g/mol. The monoisotopic (exact) mass is 282 g/mol. The van der Waals surface area contributed by atoms with Gasteiger partial charge in [0.05, 0.1) is 5.41 Å². The van der Waals surface area contributed by atoms with Crippen molar-refractivity contribution in [3.8, 4) is 0 Å². The van der Waals surface area contributed by atoms with E-state index in [1.54, 1.807) is 0 Å². The van der Waals surface area contributed by atoms with E-state index in [-0.39, 0.29) is 18.0 Å². The van der Waals surface area contributed by atoms with Gasteiger partial charge in [0, 0.05) is 24.7 Å².